The van der Waals surface area contributed by atoms with Crippen molar-refractivity contribution in [1.29, 1.82) is 0 Å². The summed E-state index contributed by atoms with van der Waals surface area (Å²) in [5.74, 6) is -0.0475. The van der Waals surface area contributed by atoms with Crippen LogP contribution in [0.3, 0.4) is 0 Å². The molecular weight excluding hydrogens is 334 g/mol. The summed E-state index contributed by atoms with van der Waals surface area (Å²) in [6.45, 7) is 1.22. The molecule has 3 rings (SSSR count). The smallest absolute Gasteiger partial charge is 0.305 e. The Bertz CT molecular complexity index is 626. The number of rotatable bonds is 7. The number of benzene rings is 1. The molecule has 0 aromatic heterocycles. The fourth-order valence-corrected chi connectivity index (χ4v) is 3.72. The van der Waals surface area contributed by atoms with Crippen LogP contribution in [0.15, 0.2) is 24.3 Å². The van der Waals surface area contributed by atoms with Crippen molar-refractivity contribution in [1.82, 2.24) is 4.90 Å². The van der Waals surface area contributed by atoms with Gasteiger partial charge in [-0.3, -0.25) is 9.59 Å². The van der Waals surface area contributed by atoms with E-state index in [1.807, 2.05) is 24.3 Å². The molecule has 2 aliphatic rings. The average Bonchev–Trinajstić information content (AvgIpc) is 3.13. The maximum Gasteiger partial charge on any atom is 0.305 e. The van der Waals surface area contributed by atoms with Gasteiger partial charge in [0.2, 0.25) is 5.91 Å². The molecule has 1 saturated heterocycles. The highest BCUT2D eigenvalue weighted by molar-refractivity contribution is 5.78. The van der Waals surface area contributed by atoms with Crippen LogP contribution in [0.25, 0.3) is 0 Å². The number of carbonyl (C=O) groups excluding carboxylic acids is 1. The van der Waals surface area contributed by atoms with Crippen molar-refractivity contribution in [3.63, 3.8) is 0 Å². The molecule has 6 nitrogen and oxygen atoms in total. The third kappa shape index (κ3) is 5.21. The lowest BCUT2D eigenvalue weighted by atomic mass is 10.1. The van der Waals surface area contributed by atoms with E-state index in [-0.39, 0.29) is 18.4 Å². The fraction of sp³-hybridized carbons (Fsp3) is 0.600. The van der Waals surface area contributed by atoms with Crippen LogP contribution < -0.4 is 4.74 Å². The van der Waals surface area contributed by atoms with Crippen molar-refractivity contribution in [2.75, 3.05) is 19.8 Å². The average molecular weight is 361 g/mol. The maximum absolute atomic E-state index is 12.6. The molecule has 1 aromatic rings. The van der Waals surface area contributed by atoms with E-state index >= 15 is 0 Å². The Hall–Kier alpha value is -2.08. The highest BCUT2D eigenvalue weighted by Gasteiger charge is 2.28. The molecular formula is C20H27NO5. The van der Waals surface area contributed by atoms with Crippen LogP contribution in [0, 0.1) is 0 Å². The summed E-state index contributed by atoms with van der Waals surface area (Å²) in [5.41, 5.74) is 1.07. The Kier molecular flexibility index (Phi) is 6.50. The Balaban J connectivity index is 1.53. The maximum atomic E-state index is 12.6. The van der Waals surface area contributed by atoms with Crippen molar-refractivity contribution in [3.05, 3.63) is 29.8 Å². The summed E-state index contributed by atoms with van der Waals surface area (Å²) < 4.78 is 11.4. The van der Waals surface area contributed by atoms with Gasteiger partial charge in [-0.05, 0) is 49.8 Å². The second-order valence-electron chi connectivity index (χ2n) is 7.09. The molecule has 142 valence electrons. The van der Waals surface area contributed by atoms with Gasteiger partial charge >= 0.3 is 5.97 Å². The van der Waals surface area contributed by atoms with E-state index in [2.05, 4.69) is 0 Å². The number of hydrogen-bond donors (Lipinski definition) is 1. The standard InChI is InChI=1S/C20H27NO5/c22-19(21-10-11-25-14-16(21)13-20(23)24)9-8-15-4-3-7-18(12-15)26-17-5-1-2-6-17/h3-4,7,12,16-17H,1-2,5-6,8-11,13-14H2,(H,23,24). The molecule has 1 unspecified atom stereocenters. The van der Waals surface area contributed by atoms with E-state index in [1.165, 1.54) is 12.8 Å². The van der Waals surface area contributed by atoms with Crippen LogP contribution in [0.1, 0.15) is 44.1 Å². The highest BCUT2D eigenvalue weighted by atomic mass is 16.5. The third-order valence-corrected chi connectivity index (χ3v) is 5.09. The first-order valence-electron chi connectivity index (χ1n) is 9.46. The monoisotopic (exact) mass is 361 g/mol. The molecule has 1 amide bonds. The number of ether oxygens (including phenoxy) is 2. The highest BCUT2D eigenvalue weighted by Crippen LogP contribution is 2.25. The number of nitrogens with zero attached hydrogens (tertiary/aromatic N) is 1. The molecule has 26 heavy (non-hydrogen) atoms. The first-order valence-corrected chi connectivity index (χ1v) is 9.46. The largest absolute Gasteiger partial charge is 0.490 e. The molecule has 1 aromatic carbocycles. The number of carboxylic acid groups (broad SMARTS) is 1. The first-order chi connectivity index (χ1) is 12.6. The Morgan fingerprint density at radius 1 is 1.27 bits per heavy atom. The van der Waals surface area contributed by atoms with Crippen molar-refractivity contribution < 1.29 is 24.2 Å². The van der Waals surface area contributed by atoms with E-state index in [0.717, 1.165) is 24.2 Å². The SMILES string of the molecule is O=C(O)CC1COCCN1C(=O)CCc1cccc(OC2CCCC2)c1. The predicted octanol–water partition coefficient (Wildman–Crippen LogP) is 2.64. The van der Waals surface area contributed by atoms with E-state index in [0.29, 0.717) is 38.7 Å². The second-order valence-corrected chi connectivity index (χ2v) is 7.09. The van der Waals surface area contributed by atoms with Crippen LogP contribution in [0.4, 0.5) is 0 Å². The molecule has 0 spiro atoms. The van der Waals surface area contributed by atoms with E-state index in [1.54, 1.807) is 4.90 Å². The number of aryl methyl sites for hydroxylation is 1. The molecule has 1 aliphatic heterocycles. The van der Waals surface area contributed by atoms with Crippen LogP contribution in [0.5, 0.6) is 5.75 Å². The fourth-order valence-electron chi connectivity index (χ4n) is 3.72. The minimum Gasteiger partial charge on any atom is -0.490 e. The van der Waals surface area contributed by atoms with Crippen LogP contribution in [0.2, 0.25) is 0 Å². The molecule has 0 bridgehead atoms. The Morgan fingerprint density at radius 3 is 2.85 bits per heavy atom. The van der Waals surface area contributed by atoms with Crippen LogP contribution in [-0.4, -0.2) is 53.8 Å². The number of amides is 1. The second kappa shape index (κ2) is 9.03. The zero-order valence-corrected chi connectivity index (χ0v) is 15.1. The van der Waals surface area contributed by atoms with Gasteiger partial charge < -0.3 is 19.5 Å². The normalized spacial score (nSPS) is 20.9. The molecule has 1 saturated carbocycles. The summed E-state index contributed by atoms with van der Waals surface area (Å²) >= 11 is 0. The molecule has 1 aliphatic carbocycles. The van der Waals surface area contributed by atoms with Crippen molar-refractivity contribution in [2.24, 2.45) is 0 Å². The minimum absolute atomic E-state index is 0.0123. The lowest BCUT2D eigenvalue weighted by Crippen LogP contribution is -2.49. The summed E-state index contributed by atoms with van der Waals surface area (Å²) in [6.07, 6.45) is 5.93. The van der Waals surface area contributed by atoms with Gasteiger partial charge in [0.1, 0.15) is 5.75 Å². The number of morpholine rings is 1. The summed E-state index contributed by atoms with van der Waals surface area (Å²) in [6, 6.07) is 7.58. The topological polar surface area (TPSA) is 76.1 Å². The van der Waals surface area contributed by atoms with Gasteiger partial charge in [-0.2, -0.15) is 0 Å². The van der Waals surface area contributed by atoms with Gasteiger partial charge in [-0.15, -0.1) is 0 Å². The quantitative estimate of drug-likeness (QED) is 0.808. The molecule has 1 heterocycles. The summed E-state index contributed by atoms with van der Waals surface area (Å²) in [7, 11) is 0. The van der Waals surface area contributed by atoms with Crippen molar-refractivity contribution in [2.45, 2.75) is 57.1 Å². The number of hydrogen-bond acceptors (Lipinski definition) is 4. The molecule has 2 fully saturated rings. The summed E-state index contributed by atoms with van der Waals surface area (Å²) in [4.78, 5) is 25.2. The molecule has 1 N–H and O–H groups in total. The van der Waals surface area contributed by atoms with Gasteiger partial charge in [-0.1, -0.05) is 12.1 Å². The van der Waals surface area contributed by atoms with Gasteiger partial charge in [0.05, 0.1) is 31.8 Å². The van der Waals surface area contributed by atoms with Gasteiger partial charge in [0.25, 0.3) is 0 Å². The van der Waals surface area contributed by atoms with E-state index in [9.17, 15) is 9.59 Å². The third-order valence-electron chi connectivity index (χ3n) is 5.09. The first kappa shape index (κ1) is 18.7. The van der Waals surface area contributed by atoms with E-state index < -0.39 is 5.97 Å². The van der Waals surface area contributed by atoms with Crippen molar-refractivity contribution in [3.8, 4) is 5.75 Å². The summed E-state index contributed by atoms with van der Waals surface area (Å²) in [5, 5.41) is 9.01. The molecule has 6 heteroatoms. The minimum atomic E-state index is -0.907. The zero-order valence-electron chi connectivity index (χ0n) is 15.1. The van der Waals surface area contributed by atoms with Crippen molar-refractivity contribution >= 4 is 11.9 Å². The van der Waals surface area contributed by atoms with E-state index in [4.69, 9.17) is 14.6 Å². The predicted molar refractivity (Wildman–Crippen MR) is 96.2 cm³/mol. The Morgan fingerprint density at radius 2 is 2.08 bits per heavy atom. The number of aliphatic carboxylic acids is 1. The van der Waals surface area contributed by atoms with Gasteiger partial charge in [-0.25, -0.2) is 0 Å². The lowest BCUT2D eigenvalue weighted by molar-refractivity contribution is -0.146. The van der Waals surface area contributed by atoms with Crippen LogP contribution >= 0.6 is 0 Å². The van der Waals surface area contributed by atoms with Gasteiger partial charge in [0, 0.05) is 13.0 Å². The lowest BCUT2D eigenvalue weighted by Gasteiger charge is -2.35. The molecule has 1 atom stereocenters. The Labute approximate surface area is 154 Å². The zero-order chi connectivity index (χ0) is 18.4. The van der Waals surface area contributed by atoms with Crippen LogP contribution in [-0.2, 0) is 20.7 Å². The number of carboxylic acids is 1. The molecule has 0 radical (unpaired) electrons. The van der Waals surface area contributed by atoms with Gasteiger partial charge in [0.15, 0.2) is 0 Å². The number of carbonyl (C=O) groups is 2.